The summed E-state index contributed by atoms with van der Waals surface area (Å²) in [7, 11) is 0. The molecular formula is C27H24N2O5. The van der Waals surface area contributed by atoms with Gasteiger partial charge < -0.3 is 24.4 Å². The van der Waals surface area contributed by atoms with Gasteiger partial charge in [0.05, 0.1) is 6.54 Å². The Balaban J connectivity index is 1.38. The van der Waals surface area contributed by atoms with Crippen molar-refractivity contribution >= 4 is 17.5 Å². The van der Waals surface area contributed by atoms with Crippen molar-refractivity contribution in [3.63, 3.8) is 0 Å². The number of carbonyl (C=O) groups excluding carboxylic acids is 2. The minimum absolute atomic E-state index is 0.0489. The number of rotatable bonds is 5. The number of nitrogens with zero attached hydrogens (tertiary/aromatic N) is 1. The maximum absolute atomic E-state index is 14.1. The molecule has 34 heavy (non-hydrogen) atoms. The van der Waals surface area contributed by atoms with Crippen molar-refractivity contribution in [2.24, 2.45) is 0 Å². The number of benzene rings is 3. The zero-order valence-corrected chi connectivity index (χ0v) is 18.8. The quantitative estimate of drug-likeness (QED) is 0.632. The molecule has 0 radical (unpaired) electrons. The van der Waals surface area contributed by atoms with Crippen LogP contribution in [0.25, 0.3) is 0 Å². The molecule has 0 bridgehead atoms. The summed E-state index contributed by atoms with van der Waals surface area (Å²) in [6, 6.07) is 19.0. The van der Waals surface area contributed by atoms with Gasteiger partial charge in [-0.25, -0.2) is 0 Å². The van der Waals surface area contributed by atoms with E-state index in [1.165, 1.54) is 0 Å². The van der Waals surface area contributed by atoms with Crippen LogP contribution in [0.15, 0.2) is 60.7 Å². The molecule has 7 nitrogen and oxygen atoms in total. The number of nitrogens with one attached hydrogen (secondary N) is 1. The zero-order valence-electron chi connectivity index (χ0n) is 18.8. The average Bonchev–Trinajstić information content (AvgIpc) is 3.54. The number of fused-ring (bicyclic) bond motifs is 5. The number of hydrogen-bond donors (Lipinski definition) is 1. The standard InChI is InChI=1S/C27H24N2O5/c1-2-10-28-25(30)18-7-5-6-17(11-18)14-29-21-9-4-3-8-19(21)27(26(29)31)15-32-22-13-24-23(12-20(22)27)33-16-34-24/h3-9,11-13H,2,10,14-16H2,1H3,(H,28,30). The highest BCUT2D eigenvalue weighted by molar-refractivity contribution is 6.11. The normalized spacial score (nSPS) is 19.2. The number of amides is 2. The van der Waals surface area contributed by atoms with Gasteiger partial charge in [0, 0.05) is 29.4 Å². The Hall–Kier alpha value is -4.00. The van der Waals surface area contributed by atoms with Gasteiger partial charge in [0.25, 0.3) is 5.91 Å². The van der Waals surface area contributed by atoms with E-state index in [4.69, 9.17) is 14.2 Å². The smallest absolute Gasteiger partial charge is 0.251 e. The van der Waals surface area contributed by atoms with Crippen LogP contribution in [0.1, 0.15) is 40.4 Å². The van der Waals surface area contributed by atoms with Crippen LogP contribution in [-0.4, -0.2) is 31.8 Å². The summed E-state index contributed by atoms with van der Waals surface area (Å²) in [4.78, 5) is 28.4. The molecule has 7 heteroatoms. The third kappa shape index (κ3) is 2.96. The van der Waals surface area contributed by atoms with Crippen LogP contribution in [0.3, 0.4) is 0 Å². The van der Waals surface area contributed by atoms with Gasteiger partial charge in [0.15, 0.2) is 11.5 Å². The van der Waals surface area contributed by atoms with Crippen molar-refractivity contribution in [1.82, 2.24) is 5.32 Å². The Bertz CT molecular complexity index is 1320. The van der Waals surface area contributed by atoms with E-state index in [0.29, 0.717) is 35.9 Å². The summed E-state index contributed by atoms with van der Waals surface area (Å²) in [5.41, 5.74) is 3.08. The lowest BCUT2D eigenvalue weighted by Gasteiger charge is -2.23. The fraction of sp³-hybridized carbons (Fsp3) is 0.259. The Morgan fingerprint density at radius 3 is 2.65 bits per heavy atom. The minimum atomic E-state index is -0.941. The Morgan fingerprint density at radius 2 is 1.79 bits per heavy atom. The van der Waals surface area contributed by atoms with E-state index in [1.807, 2.05) is 61.5 Å². The third-order valence-electron chi connectivity index (χ3n) is 6.71. The van der Waals surface area contributed by atoms with Crippen molar-refractivity contribution in [3.8, 4) is 17.2 Å². The molecule has 1 unspecified atom stereocenters. The Labute approximate surface area is 197 Å². The molecule has 2 amide bonds. The first-order valence-corrected chi connectivity index (χ1v) is 11.5. The van der Waals surface area contributed by atoms with E-state index in [2.05, 4.69) is 5.32 Å². The van der Waals surface area contributed by atoms with E-state index in [1.54, 1.807) is 11.0 Å². The lowest BCUT2D eigenvalue weighted by atomic mass is 9.77. The molecule has 3 aromatic rings. The van der Waals surface area contributed by atoms with Gasteiger partial charge in [-0.3, -0.25) is 9.59 Å². The molecule has 3 aliphatic rings. The highest BCUT2D eigenvalue weighted by Crippen LogP contribution is 2.55. The van der Waals surface area contributed by atoms with Crippen LogP contribution in [0.5, 0.6) is 17.2 Å². The zero-order chi connectivity index (χ0) is 23.3. The first-order valence-electron chi connectivity index (χ1n) is 11.5. The van der Waals surface area contributed by atoms with Gasteiger partial charge >= 0.3 is 0 Å². The largest absolute Gasteiger partial charge is 0.491 e. The fourth-order valence-corrected chi connectivity index (χ4v) is 5.06. The van der Waals surface area contributed by atoms with Crippen LogP contribution >= 0.6 is 0 Å². The maximum Gasteiger partial charge on any atom is 0.251 e. The molecule has 0 aliphatic carbocycles. The van der Waals surface area contributed by atoms with E-state index in [-0.39, 0.29) is 25.2 Å². The van der Waals surface area contributed by atoms with Crippen LogP contribution in [-0.2, 0) is 16.8 Å². The highest BCUT2D eigenvalue weighted by atomic mass is 16.7. The van der Waals surface area contributed by atoms with Gasteiger partial charge in [-0.05, 0) is 41.8 Å². The SMILES string of the molecule is CCCNC(=O)c1cccc(CN2C(=O)C3(COc4cc5c(cc43)OCO5)c3ccccc32)c1. The minimum Gasteiger partial charge on any atom is -0.491 e. The summed E-state index contributed by atoms with van der Waals surface area (Å²) in [6.45, 7) is 3.37. The molecule has 3 aromatic carbocycles. The molecule has 1 N–H and O–H groups in total. The van der Waals surface area contributed by atoms with Gasteiger partial charge in [-0.15, -0.1) is 0 Å². The summed E-state index contributed by atoms with van der Waals surface area (Å²) in [6.07, 6.45) is 0.872. The first-order chi connectivity index (χ1) is 16.6. The van der Waals surface area contributed by atoms with Gasteiger partial charge in [0.2, 0.25) is 12.7 Å². The van der Waals surface area contributed by atoms with Crippen molar-refractivity contribution in [2.45, 2.75) is 25.3 Å². The van der Waals surface area contributed by atoms with E-state index in [0.717, 1.165) is 28.8 Å². The van der Waals surface area contributed by atoms with Crippen molar-refractivity contribution in [1.29, 1.82) is 0 Å². The number of carbonyl (C=O) groups is 2. The lowest BCUT2D eigenvalue weighted by Crippen LogP contribution is -2.42. The van der Waals surface area contributed by atoms with Crippen LogP contribution < -0.4 is 24.4 Å². The number of para-hydroxylation sites is 1. The Kier molecular flexibility index (Phi) is 4.72. The predicted octanol–water partition coefficient (Wildman–Crippen LogP) is 3.78. The predicted molar refractivity (Wildman–Crippen MR) is 126 cm³/mol. The summed E-state index contributed by atoms with van der Waals surface area (Å²) in [5.74, 6) is 1.74. The molecule has 0 fully saturated rings. The summed E-state index contributed by atoms with van der Waals surface area (Å²) in [5, 5.41) is 2.91. The number of ether oxygens (including phenoxy) is 3. The van der Waals surface area contributed by atoms with E-state index < -0.39 is 5.41 Å². The maximum atomic E-state index is 14.1. The van der Waals surface area contributed by atoms with Crippen molar-refractivity contribution in [3.05, 3.63) is 82.9 Å². The molecule has 1 spiro atoms. The number of anilines is 1. The van der Waals surface area contributed by atoms with Crippen molar-refractivity contribution in [2.75, 3.05) is 24.8 Å². The molecular weight excluding hydrogens is 432 g/mol. The van der Waals surface area contributed by atoms with Gasteiger partial charge in [0.1, 0.15) is 17.8 Å². The summed E-state index contributed by atoms with van der Waals surface area (Å²) >= 11 is 0. The fourth-order valence-electron chi connectivity index (χ4n) is 5.06. The van der Waals surface area contributed by atoms with E-state index in [9.17, 15) is 9.59 Å². The van der Waals surface area contributed by atoms with Gasteiger partial charge in [-0.2, -0.15) is 0 Å². The molecule has 0 aromatic heterocycles. The molecule has 3 heterocycles. The molecule has 3 aliphatic heterocycles. The molecule has 0 saturated carbocycles. The summed E-state index contributed by atoms with van der Waals surface area (Å²) < 4.78 is 17.1. The topological polar surface area (TPSA) is 77.1 Å². The molecule has 1 atom stereocenters. The second-order valence-corrected chi connectivity index (χ2v) is 8.76. The number of hydrogen-bond acceptors (Lipinski definition) is 5. The third-order valence-corrected chi connectivity index (χ3v) is 6.71. The monoisotopic (exact) mass is 456 g/mol. The lowest BCUT2D eigenvalue weighted by molar-refractivity contribution is -0.122. The molecule has 172 valence electrons. The Morgan fingerprint density at radius 1 is 0.971 bits per heavy atom. The van der Waals surface area contributed by atoms with Crippen molar-refractivity contribution < 1.29 is 23.8 Å². The van der Waals surface area contributed by atoms with E-state index >= 15 is 0 Å². The molecule has 6 rings (SSSR count). The van der Waals surface area contributed by atoms with Crippen LogP contribution in [0.4, 0.5) is 5.69 Å². The van der Waals surface area contributed by atoms with Gasteiger partial charge in [-0.1, -0.05) is 37.3 Å². The average molecular weight is 456 g/mol. The highest BCUT2D eigenvalue weighted by Gasteiger charge is 2.57. The van der Waals surface area contributed by atoms with Crippen LogP contribution in [0.2, 0.25) is 0 Å². The van der Waals surface area contributed by atoms with Crippen LogP contribution in [0, 0.1) is 0 Å². The molecule has 0 saturated heterocycles. The first kappa shape index (κ1) is 20.6. The second kappa shape index (κ2) is 7.80. The second-order valence-electron chi connectivity index (χ2n) is 8.76.